The second-order valence-electron chi connectivity index (χ2n) is 7.00. The normalized spacial score (nSPS) is 18.5. The van der Waals surface area contributed by atoms with Crippen LogP contribution in [-0.2, 0) is 9.59 Å². The summed E-state index contributed by atoms with van der Waals surface area (Å²) in [6, 6.07) is 8.50. The van der Waals surface area contributed by atoms with Crippen molar-refractivity contribution in [3.63, 3.8) is 0 Å². The van der Waals surface area contributed by atoms with Crippen LogP contribution in [0, 0.1) is 6.92 Å². The molecule has 0 saturated heterocycles. The lowest BCUT2D eigenvalue weighted by molar-refractivity contribution is -0.133. The second kappa shape index (κ2) is 8.19. The lowest BCUT2D eigenvalue weighted by Gasteiger charge is -2.29. The maximum absolute atomic E-state index is 12.2. The minimum atomic E-state index is 0.00123. The van der Waals surface area contributed by atoms with Crippen LogP contribution in [0.3, 0.4) is 0 Å². The highest BCUT2D eigenvalue weighted by atomic mass is 16.2. The number of hydrogen-bond acceptors (Lipinski definition) is 3. The van der Waals surface area contributed by atoms with E-state index in [-0.39, 0.29) is 11.8 Å². The Balaban J connectivity index is 1.51. The fourth-order valence-corrected chi connectivity index (χ4v) is 3.41. The van der Waals surface area contributed by atoms with E-state index in [1.165, 1.54) is 24.8 Å². The molecule has 25 heavy (non-hydrogen) atoms. The Morgan fingerprint density at radius 3 is 2.64 bits per heavy atom. The van der Waals surface area contributed by atoms with E-state index in [0.29, 0.717) is 25.4 Å². The van der Waals surface area contributed by atoms with Crippen LogP contribution in [0.4, 0.5) is 0 Å². The molecule has 0 aromatic heterocycles. The zero-order valence-electron chi connectivity index (χ0n) is 14.9. The summed E-state index contributed by atoms with van der Waals surface area (Å²) < 4.78 is 0. The van der Waals surface area contributed by atoms with Crippen LogP contribution < -0.4 is 10.7 Å². The fourth-order valence-electron chi connectivity index (χ4n) is 3.41. The van der Waals surface area contributed by atoms with E-state index >= 15 is 0 Å². The van der Waals surface area contributed by atoms with E-state index in [9.17, 15) is 9.59 Å². The van der Waals surface area contributed by atoms with E-state index in [2.05, 4.69) is 22.9 Å². The molecule has 134 valence electrons. The van der Waals surface area contributed by atoms with Crippen LogP contribution in [0.15, 0.2) is 30.3 Å². The molecular weight excluding hydrogens is 314 g/mol. The summed E-state index contributed by atoms with van der Waals surface area (Å²) in [5.41, 5.74) is 6.34. The number of amides is 2. The number of nitrogens with one attached hydrogen (secondary N) is 2. The molecule has 1 fully saturated rings. The Kier molecular flexibility index (Phi) is 5.74. The Morgan fingerprint density at radius 1 is 1.20 bits per heavy atom. The van der Waals surface area contributed by atoms with Crippen molar-refractivity contribution >= 4 is 17.5 Å². The van der Waals surface area contributed by atoms with Crippen molar-refractivity contribution in [1.29, 1.82) is 0 Å². The molecule has 1 aliphatic carbocycles. The van der Waals surface area contributed by atoms with Crippen molar-refractivity contribution in [3.8, 4) is 0 Å². The molecule has 0 bridgehead atoms. The molecule has 1 aromatic carbocycles. The molecule has 2 aliphatic rings. The van der Waals surface area contributed by atoms with Crippen LogP contribution in [-0.4, -0.2) is 29.4 Å². The van der Waals surface area contributed by atoms with Gasteiger partial charge in [0.2, 0.25) is 11.8 Å². The number of nitrogens with zero attached hydrogens (tertiary/aromatic N) is 1. The van der Waals surface area contributed by atoms with Gasteiger partial charge in [-0.2, -0.15) is 0 Å². The first-order valence-electron chi connectivity index (χ1n) is 9.25. The zero-order valence-corrected chi connectivity index (χ0v) is 14.9. The highest BCUT2D eigenvalue weighted by molar-refractivity contribution is 5.84. The quantitative estimate of drug-likeness (QED) is 0.866. The molecule has 1 heterocycles. The number of aryl methyl sites for hydroxylation is 1. The van der Waals surface area contributed by atoms with Gasteiger partial charge in [-0.25, -0.2) is 0 Å². The molecule has 1 aromatic rings. The Morgan fingerprint density at radius 2 is 1.92 bits per heavy atom. The smallest absolute Gasteiger partial charge is 0.244 e. The predicted octanol–water partition coefficient (Wildman–Crippen LogP) is 2.91. The molecule has 0 atom stereocenters. The number of benzene rings is 1. The first-order valence-corrected chi connectivity index (χ1v) is 9.25. The number of carbonyl (C=O) groups excluding carboxylic acids is 2. The first-order chi connectivity index (χ1) is 12.1. The van der Waals surface area contributed by atoms with Crippen molar-refractivity contribution in [1.82, 2.24) is 15.8 Å². The predicted molar refractivity (Wildman–Crippen MR) is 98.3 cm³/mol. The molecule has 0 unspecified atom stereocenters. The number of carbonyl (C=O) groups is 2. The number of hydrogen-bond donors (Lipinski definition) is 2. The SMILES string of the molecule is Cc1ccc(C2=CCC(=O)N(CCC(=O)NC3CCCCC3)N2)cc1. The average Bonchev–Trinajstić information content (AvgIpc) is 2.63. The van der Waals surface area contributed by atoms with E-state index in [1.807, 2.05) is 25.1 Å². The molecule has 5 nitrogen and oxygen atoms in total. The van der Waals surface area contributed by atoms with Gasteiger partial charge in [-0.15, -0.1) is 0 Å². The van der Waals surface area contributed by atoms with Gasteiger partial charge in [0.25, 0.3) is 0 Å². The van der Waals surface area contributed by atoms with Gasteiger partial charge in [0.15, 0.2) is 0 Å². The van der Waals surface area contributed by atoms with Gasteiger partial charge in [-0.3, -0.25) is 20.0 Å². The highest BCUT2D eigenvalue weighted by Gasteiger charge is 2.21. The summed E-state index contributed by atoms with van der Waals surface area (Å²) in [5.74, 6) is 0.0364. The molecule has 0 spiro atoms. The van der Waals surface area contributed by atoms with Gasteiger partial charge in [0.05, 0.1) is 12.2 Å². The third-order valence-electron chi connectivity index (χ3n) is 4.93. The van der Waals surface area contributed by atoms with Crippen molar-refractivity contribution in [2.45, 2.75) is 57.9 Å². The summed E-state index contributed by atoms with van der Waals surface area (Å²) in [5, 5.41) is 4.67. The van der Waals surface area contributed by atoms with E-state index in [0.717, 1.165) is 24.1 Å². The minimum absolute atomic E-state index is 0.00123. The molecule has 2 N–H and O–H groups in total. The average molecular weight is 341 g/mol. The Bertz CT molecular complexity index is 645. The lowest BCUT2D eigenvalue weighted by Crippen LogP contribution is -2.46. The van der Waals surface area contributed by atoms with Gasteiger partial charge in [-0.1, -0.05) is 49.1 Å². The molecule has 2 amide bonds. The van der Waals surface area contributed by atoms with Crippen LogP contribution >= 0.6 is 0 Å². The Hall–Kier alpha value is -2.30. The largest absolute Gasteiger partial charge is 0.353 e. The van der Waals surface area contributed by atoms with Gasteiger partial charge in [0, 0.05) is 18.9 Å². The second-order valence-corrected chi connectivity index (χ2v) is 7.00. The van der Waals surface area contributed by atoms with Crippen molar-refractivity contribution in [3.05, 3.63) is 41.5 Å². The third kappa shape index (κ3) is 4.84. The van der Waals surface area contributed by atoms with E-state index in [4.69, 9.17) is 0 Å². The molecule has 1 aliphatic heterocycles. The first kappa shape index (κ1) is 17.5. The monoisotopic (exact) mass is 341 g/mol. The fraction of sp³-hybridized carbons (Fsp3) is 0.500. The molecule has 1 saturated carbocycles. The molecular formula is C20H27N3O2. The van der Waals surface area contributed by atoms with Crippen LogP contribution in [0.25, 0.3) is 5.70 Å². The van der Waals surface area contributed by atoms with Crippen LogP contribution in [0.5, 0.6) is 0 Å². The van der Waals surface area contributed by atoms with Gasteiger partial charge in [-0.05, 0) is 31.4 Å². The summed E-state index contributed by atoms with van der Waals surface area (Å²) in [6.45, 7) is 2.44. The topological polar surface area (TPSA) is 61.4 Å². The van der Waals surface area contributed by atoms with Gasteiger partial charge >= 0.3 is 0 Å². The maximum Gasteiger partial charge on any atom is 0.244 e. The van der Waals surface area contributed by atoms with Crippen LogP contribution in [0.2, 0.25) is 0 Å². The summed E-state index contributed by atoms with van der Waals surface area (Å²) >= 11 is 0. The van der Waals surface area contributed by atoms with Gasteiger partial charge in [0.1, 0.15) is 0 Å². The summed E-state index contributed by atoms with van der Waals surface area (Å²) in [7, 11) is 0. The summed E-state index contributed by atoms with van der Waals surface area (Å²) in [6.07, 6.45) is 8.42. The molecule has 3 rings (SSSR count). The maximum atomic E-state index is 12.2. The molecule has 5 heteroatoms. The van der Waals surface area contributed by atoms with Crippen molar-refractivity contribution < 1.29 is 9.59 Å². The lowest BCUT2D eigenvalue weighted by atomic mass is 9.95. The van der Waals surface area contributed by atoms with E-state index < -0.39 is 0 Å². The number of hydrazine groups is 1. The summed E-state index contributed by atoms with van der Waals surface area (Å²) in [4.78, 5) is 24.3. The standard InChI is InChI=1S/C20H27N3O2/c1-15-7-9-16(10-8-15)18-11-12-20(25)23(22-18)14-13-19(24)21-17-5-3-2-4-6-17/h7-11,17,22H,2-6,12-14H2,1H3,(H,21,24). The Labute approximate surface area is 149 Å². The van der Waals surface area contributed by atoms with Crippen molar-refractivity contribution in [2.24, 2.45) is 0 Å². The minimum Gasteiger partial charge on any atom is -0.353 e. The van der Waals surface area contributed by atoms with Crippen molar-refractivity contribution in [2.75, 3.05) is 6.54 Å². The van der Waals surface area contributed by atoms with Crippen LogP contribution in [0.1, 0.15) is 56.1 Å². The van der Waals surface area contributed by atoms with E-state index in [1.54, 1.807) is 5.01 Å². The highest BCUT2D eigenvalue weighted by Crippen LogP contribution is 2.19. The zero-order chi connectivity index (χ0) is 17.6. The third-order valence-corrected chi connectivity index (χ3v) is 4.93. The number of rotatable bonds is 5. The van der Waals surface area contributed by atoms with Gasteiger partial charge < -0.3 is 5.32 Å². The molecule has 0 radical (unpaired) electrons.